The number of carboxylic acid groups (broad SMARTS) is 2. The quantitative estimate of drug-likeness (QED) is 0.563. The Kier molecular flexibility index (Phi) is 13.2. The molecule has 0 amide bonds. The van der Waals surface area contributed by atoms with E-state index in [0.29, 0.717) is 6.42 Å². The maximum Gasteiger partial charge on any atom is 0.300 e. The molecule has 6 nitrogen and oxygen atoms in total. The van der Waals surface area contributed by atoms with Gasteiger partial charge in [0.05, 0.1) is 11.7 Å². The third-order valence-corrected chi connectivity index (χ3v) is 0.795. The fraction of sp³-hybridized carbons (Fsp3) is 0.800. The van der Waals surface area contributed by atoms with Crippen molar-refractivity contribution >= 4 is 11.9 Å². The van der Waals surface area contributed by atoms with Gasteiger partial charge >= 0.3 is 0 Å². The van der Waals surface area contributed by atoms with Crippen molar-refractivity contribution in [2.24, 2.45) is 0 Å². The van der Waals surface area contributed by atoms with Crippen LogP contribution in [0, 0.1) is 0 Å². The van der Waals surface area contributed by atoms with Crippen LogP contribution in [0.2, 0.25) is 0 Å². The van der Waals surface area contributed by atoms with Gasteiger partial charge in [-0.2, -0.15) is 0 Å². The zero-order valence-corrected chi connectivity index (χ0v) is 10.4. The van der Waals surface area contributed by atoms with Gasteiger partial charge in [0.2, 0.25) is 0 Å². The third-order valence-electron chi connectivity index (χ3n) is 0.795. The molecular formula is C10H22O6. The highest BCUT2D eigenvalue weighted by Crippen LogP contribution is 2.09. The van der Waals surface area contributed by atoms with Crippen LogP contribution in [0.15, 0.2) is 0 Å². The lowest BCUT2D eigenvalue weighted by Gasteiger charge is -2.17. The molecule has 0 aromatic carbocycles. The minimum absolute atomic E-state index is 0.407. The van der Waals surface area contributed by atoms with E-state index in [9.17, 15) is 0 Å². The smallest absolute Gasteiger partial charge is 0.300 e. The van der Waals surface area contributed by atoms with Crippen molar-refractivity contribution < 1.29 is 30.0 Å². The number of carbonyl (C=O) groups is 2. The molecule has 98 valence electrons. The number of hydrogen-bond donors (Lipinski definition) is 4. The van der Waals surface area contributed by atoms with Gasteiger partial charge in [0.25, 0.3) is 11.9 Å². The lowest BCUT2D eigenvalue weighted by molar-refractivity contribution is -0.135. The summed E-state index contributed by atoms with van der Waals surface area (Å²) in [5.41, 5.74) is -0.728. The Labute approximate surface area is 95.5 Å². The molecule has 0 aromatic rings. The van der Waals surface area contributed by atoms with E-state index < -0.39 is 23.6 Å². The van der Waals surface area contributed by atoms with Gasteiger partial charge in [-0.05, 0) is 20.8 Å². The summed E-state index contributed by atoms with van der Waals surface area (Å²) in [6.07, 6.45) is 0.0301. The van der Waals surface area contributed by atoms with Gasteiger partial charge in [0.1, 0.15) is 0 Å². The zero-order chi connectivity index (χ0) is 13.9. The van der Waals surface area contributed by atoms with Crippen molar-refractivity contribution in [3.05, 3.63) is 0 Å². The number of rotatable bonds is 2. The molecule has 0 rings (SSSR count). The maximum absolute atomic E-state index is 9.03. The average Bonchev–Trinajstić information content (AvgIpc) is 1.74. The van der Waals surface area contributed by atoms with Crippen LogP contribution in [0.5, 0.6) is 0 Å². The van der Waals surface area contributed by atoms with Crippen LogP contribution in [0.4, 0.5) is 0 Å². The average molecular weight is 238 g/mol. The molecule has 0 saturated carbocycles. The van der Waals surface area contributed by atoms with Crippen LogP contribution in [-0.2, 0) is 9.59 Å². The summed E-state index contributed by atoms with van der Waals surface area (Å²) >= 11 is 0. The number of aliphatic hydroxyl groups is 2. The number of aliphatic carboxylic acids is 2. The molecule has 0 aliphatic rings. The van der Waals surface area contributed by atoms with Crippen LogP contribution < -0.4 is 0 Å². The van der Waals surface area contributed by atoms with Crippen LogP contribution in [0.25, 0.3) is 0 Å². The van der Waals surface area contributed by atoms with E-state index in [0.717, 1.165) is 13.8 Å². The summed E-state index contributed by atoms with van der Waals surface area (Å²) in [5.74, 6) is -1.67. The first kappa shape index (κ1) is 20.3. The number of aliphatic hydroxyl groups excluding tert-OH is 1. The lowest BCUT2D eigenvalue weighted by atomic mass is 10.0. The van der Waals surface area contributed by atoms with Crippen molar-refractivity contribution in [1.29, 1.82) is 0 Å². The molecule has 16 heavy (non-hydrogen) atoms. The second-order valence-corrected chi connectivity index (χ2v) is 3.90. The molecular weight excluding hydrogens is 216 g/mol. The molecule has 0 aliphatic carbocycles. The van der Waals surface area contributed by atoms with Crippen LogP contribution >= 0.6 is 0 Å². The molecule has 0 heterocycles. The predicted octanol–water partition coefficient (Wildman–Crippen LogP) is 0.710. The summed E-state index contributed by atoms with van der Waals surface area (Å²) in [4.78, 5) is 18.0. The molecule has 1 atom stereocenters. The molecule has 1 unspecified atom stereocenters. The Bertz CT molecular complexity index is 172. The Morgan fingerprint density at radius 2 is 1.31 bits per heavy atom. The third kappa shape index (κ3) is 121. The van der Waals surface area contributed by atoms with Gasteiger partial charge in [-0.1, -0.05) is 0 Å². The highest BCUT2D eigenvalue weighted by atomic mass is 16.4. The topological polar surface area (TPSA) is 115 Å². The SMILES string of the molecule is CC(=O)O.CC(=O)O.CC(O)CC(C)(C)O. The Balaban J connectivity index is -0.000000179. The van der Waals surface area contributed by atoms with Gasteiger partial charge < -0.3 is 20.4 Å². The monoisotopic (exact) mass is 238 g/mol. The number of hydrogen-bond acceptors (Lipinski definition) is 4. The first-order valence-corrected chi connectivity index (χ1v) is 4.68. The number of carboxylic acids is 2. The maximum atomic E-state index is 9.03. The van der Waals surface area contributed by atoms with Crippen molar-refractivity contribution in [2.75, 3.05) is 0 Å². The summed E-state index contributed by atoms with van der Waals surface area (Å²) in [6.45, 7) is 7.19. The zero-order valence-electron chi connectivity index (χ0n) is 10.4. The highest BCUT2D eigenvalue weighted by Gasteiger charge is 2.14. The van der Waals surface area contributed by atoms with Gasteiger partial charge in [-0.25, -0.2) is 0 Å². The molecule has 0 fully saturated rings. The van der Waals surface area contributed by atoms with E-state index in [2.05, 4.69) is 0 Å². The van der Waals surface area contributed by atoms with Crippen LogP contribution in [-0.4, -0.2) is 44.1 Å². The summed E-state index contributed by atoms with van der Waals surface area (Å²) in [7, 11) is 0. The van der Waals surface area contributed by atoms with Gasteiger partial charge in [0.15, 0.2) is 0 Å². The van der Waals surface area contributed by atoms with Crippen LogP contribution in [0.3, 0.4) is 0 Å². The second kappa shape index (κ2) is 10.4. The molecule has 4 N–H and O–H groups in total. The molecule has 0 saturated heterocycles. The Morgan fingerprint density at radius 1 is 1.12 bits per heavy atom. The summed E-state index contributed by atoms with van der Waals surface area (Å²) < 4.78 is 0. The fourth-order valence-corrected chi connectivity index (χ4v) is 0.723. The van der Waals surface area contributed by atoms with Gasteiger partial charge in [-0.3, -0.25) is 9.59 Å². The Morgan fingerprint density at radius 3 is 1.31 bits per heavy atom. The van der Waals surface area contributed by atoms with Crippen molar-refractivity contribution in [3.8, 4) is 0 Å². The minimum Gasteiger partial charge on any atom is -0.481 e. The lowest BCUT2D eigenvalue weighted by Crippen LogP contribution is -2.24. The first-order chi connectivity index (χ1) is 6.88. The molecule has 0 aromatic heterocycles. The van der Waals surface area contributed by atoms with E-state index in [1.807, 2.05) is 0 Å². The minimum atomic E-state index is -0.833. The van der Waals surface area contributed by atoms with Crippen molar-refractivity contribution in [3.63, 3.8) is 0 Å². The van der Waals surface area contributed by atoms with E-state index in [-0.39, 0.29) is 0 Å². The van der Waals surface area contributed by atoms with E-state index in [1.54, 1.807) is 20.8 Å². The normalized spacial score (nSPS) is 11.2. The largest absolute Gasteiger partial charge is 0.481 e. The first-order valence-electron chi connectivity index (χ1n) is 4.68. The fourth-order valence-electron chi connectivity index (χ4n) is 0.723. The molecule has 6 heteroatoms. The van der Waals surface area contributed by atoms with E-state index >= 15 is 0 Å². The standard InChI is InChI=1S/C6H14O2.2C2H4O2/c1-5(7)4-6(2,3)8;2*1-2(3)4/h5,7-8H,4H2,1-3H3;2*1H3,(H,3,4). The van der Waals surface area contributed by atoms with E-state index in [1.165, 1.54) is 0 Å². The van der Waals surface area contributed by atoms with Gasteiger partial charge in [0, 0.05) is 20.3 Å². The van der Waals surface area contributed by atoms with E-state index in [4.69, 9.17) is 30.0 Å². The van der Waals surface area contributed by atoms with Gasteiger partial charge in [-0.15, -0.1) is 0 Å². The van der Waals surface area contributed by atoms with Crippen molar-refractivity contribution in [2.45, 2.75) is 52.7 Å². The molecule has 0 bridgehead atoms. The summed E-state index contributed by atoms with van der Waals surface area (Å²) in [6, 6.07) is 0. The molecule has 0 radical (unpaired) electrons. The van der Waals surface area contributed by atoms with Crippen LogP contribution in [0.1, 0.15) is 41.0 Å². The molecule has 0 aliphatic heterocycles. The second-order valence-electron chi connectivity index (χ2n) is 3.90. The molecule has 0 spiro atoms. The summed E-state index contributed by atoms with van der Waals surface area (Å²) in [5, 5.41) is 32.6. The van der Waals surface area contributed by atoms with Crippen molar-refractivity contribution in [1.82, 2.24) is 0 Å². The Hall–Kier alpha value is -1.14. The highest BCUT2D eigenvalue weighted by molar-refractivity contribution is 5.63. The predicted molar refractivity (Wildman–Crippen MR) is 59.2 cm³/mol.